The molecule has 0 saturated carbocycles. The first-order chi connectivity index (χ1) is 13.3. The highest BCUT2D eigenvalue weighted by molar-refractivity contribution is 5.74. The number of piperazine rings is 1. The number of aliphatic hydroxyl groups is 1. The summed E-state index contributed by atoms with van der Waals surface area (Å²) in [6.07, 6.45) is 0.519. The Kier molecular flexibility index (Phi) is 4.50. The molecule has 1 aromatic carbocycles. The summed E-state index contributed by atoms with van der Waals surface area (Å²) in [6, 6.07) is 2.32. The van der Waals surface area contributed by atoms with Gasteiger partial charge < -0.3 is 14.9 Å². The van der Waals surface area contributed by atoms with Crippen LogP contribution in [0.25, 0.3) is 11.0 Å². The zero-order valence-corrected chi connectivity index (χ0v) is 15.5. The van der Waals surface area contributed by atoms with Gasteiger partial charge in [0.1, 0.15) is 22.7 Å². The van der Waals surface area contributed by atoms with Crippen molar-refractivity contribution >= 4 is 22.7 Å². The smallest absolute Gasteiger partial charge is 0.263 e. The molecule has 148 valence electrons. The summed E-state index contributed by atoms with van der Waals surface area (Å²) in [7, 11) is 1.71. The standard InChI is InChI=1S/C18H20F2N6O2/c1-10(27)11-7-13(19)15(14(20)8-11)25-3-5-26(6-4-25)18-22-16-12(17(28)23-18)9-21-24(16)2/h7-10,27H,3-6H2,1-2H3,(H,22,23,28). The van der Waals surface area contributed by atoms with E-state index in [0.717, 1.165) is 12.1 Å². The average Bonchev–Trinajstić information content (AvgIpc) is 3.03. The van der Waals surface area contributed by atoms with Gasteiger partial charge in [-0.15, -0.1) is 0 Å². The minimum absolute atomic E-state index is 0.104. The number of benzene rings is 1. The molecule has 0 spiro atoms. The maximum absolute atomic E-state index is 14.4. The van der Waals surface area contributed by atoms with E-state index < -0.39 is 17.7 Å². The van der Waals surface area contributed by atoms with Crippen molar-refractivity contribution in [2.75, 3.05) is 36.0 Å². The first-order valence-corrected chi connectivity index (χ1v) is 8.94. The van der Waals surface area contributed by atoms with Crippen LogP contribution in [0.4, 0.5) is 20.4 Å². The Bertz CT molecular complexity index is 1060. The van der Waals surface area contributed by atoms with Crippen molar-refractivity contribution in [2.45, 2.75) is 13.0 Å². The second kappa shape index (κ2) is 6.86. The zero-order valence-electron chi connectivity index (χ0n) is 15.5. The summed E-state index contributed by atoms with van der Waals surface area (Å²) in [6.45, 7) is 3.04. The summed E-state index contributed by atoms with van der Waals surface area (Å²) in [5.41, 5.74) is 0.296. The molecule has 4 rings (SSSR count). The number of aliphatic hydroxyl groups excluding tert-OH is 1. The predicted molar refractivity (Wildman–Crippen MR) is 101 cm³/mol. The SMILES string of the molecule is CC(O)c1cc(F)c(N2CCN(c3nc4c(cnn4C)c(=O)[nH]3)CC2)c(F)c1. The number of nitrogens with one attached hydrogen (secondary N) is 1. The third-order valence-corrected chi connectivity index (χ3v) is 5.01. The number of H-pyrrole nitrogens is 1. The summed E-state index contributed by atoms with van der Waals surface area (Å²) < 4.78 is 30.4. The van der Waals surface area contributed by atoms with E-state index >= 15 is 0 Å². The van der Waals surface area contributed by atoms with Crippen LogP contribution in [0.5, 0.6) is 0 Å². The number of anilines is 2. The van der Waals surface area contributed by atoms with Crippen LogP contribution >= 0.6 is 0 Å². The second-order valence-corrected chi connectivity index (χ2v) is 6.88. The topological polar surface area (TPSA) is 90.3 Å². The molecular weight excluding hydrogens is 370 g/mol. The van der Waals surface area contributed by atoms with Crippen molar-refractivity contribution in [1.29, 1.82) is 0 Å². The molecule has 0 amide bonds. The lowest BCUT2D eigenvalue weighted by molar-refractivity contribution is 0.198. The van der Waals surface area contributed by atoms with E-state index in [4.69, 9.17) is 0 Å². The molecule has 1 saturated heterocycles. The Morgan fingerprint density at radius 1 is 1.14 bits per heavy atom. The van der Waals surface area contributed by atoms with E-state index in [1.165, 1.54) is 17.8 Å². The minimum Gasteiger partial charge on any atom is -0.389 e. The van der Waals surface area contributed by atoms with Gasteiger partial charge in [-0.2, -0.15) is 10.1 Å². The molecule has 1 aliphatic heterocycles. The van der Waals surface area contributed by atoms with Crippen LogP contribution in [0.15, 0.2) is 23.1 Å². The van der Waals surface area contributed by atoms with Crippen LogP contribution < -0.4 is 15.4 Å². The lowest BCUT2D eigenvalue weighted by Gasteiger charge is -2.36. The Labute approximate surface area is 159 Å². The van der Waals surface area contributed by atoms with E-state index in [1.54, 1.807) is 11.9 Å². The number of aryl methyl sites for hydroxylation is 1. The molecule has 2 N–H and O–H groups in total. The second-order valence-electron chi connectivity index (χ2n) is 6.88. The van der Waals surface area contributed by atoms with Crippen LogP contribution in [0, 0.1) is 11.6 Å². The summed E-state index contributed by atoms with van der Waals surface area (Å²) in [5, 5.41) is 14.0. The van der Waals surface area contributed by atoms with E-state index in [9.17, 15) is 18.7 Å². The maximum Gasteiger partial charge on any atom is 0.263 e. The van der Waals surface area contributed by atoms with Gasteiger partial charge >= 0.3 is 0 Å². The van der Waals surface area contributed by atoms with E-state index in [2.05, 4.69) is 15.1 Å². The van der Waals surface area contributed by atoms with Crippen molar-refractivity contribution in [3.63, 3.8) is 0 Å². The zero-order chi connectivity index (χ0) is 20.0. The van der Waals surface area contributed by atoms with Gasteiger partial charge in [0.05, 0.1) is 12.3 Å². The molecule has 1 unspecified atom stereocenters. The maximum atomic E-state index is 14.4. The minimum atomic E-state index is -0.945. The number of aromatic nitrogens is 4. The molecule has 1 atom stereocenters. The largest absolute Gasteiger partial charge is 0.389 e. The van der Waals surface area contributed by atoms with Crippen molar-refractivity contribution in [2.24, 2.45) is 7.05 Å². The van der Waals surface area contributed by atoms with Gasteiger partial charge in [0, 0.05) is 33.2 Å². The summed E-state index contributed by atoms with van der Waals surface area (Å²) in [4.78, 5) is 22.9. The van der Waals surface area contributed by atoms with Crippen molar-refractivity contribution in [3.8, 4) is 0 Å². The highest BCUT2D eigenvalue weighted by Gasteiger charge is 2.25. The fraction of sp³-hybridized carbons (Fsp3) is 0.389. The molecule has 1 fully saturated rings. The highest BCUT2D eigenvalue weighted by atomic mass is 19.1. The first-order valence-electron chi connectivity index (χ1n) is 8.94. The van der Waals surface area contributed by atoms with E-state index in [-0.39, 0.29) is 16.8 Å². The average molecular weight is 390 g/mol. The lowest BCUT2D eigenvalue weighted by atomic mass is 10.1. The Balaban J connectivity index is 1.56. The Morgan fingerprint density at radius 2 is 1.75 bits per heavy atom. The summed E-state index contributed by atoms with van der Waals surface area (Å²) in [5.74, 6) is -0.995. The molecule has 0 radical (unpaired) electrons. The quantitative estimate of drug-likeness (QED) is 0.701. The molecular formula is C18H20F2N6O2. The number of aromatic amines is 1. The van der Waals surface area contributed by atoms with Gasteiger partial charge in [0.2, 0.25) is 5.95 Å². The number of hydrogen-bond acceptors (Lipinski definition) is 6. The molecule has 0 aliphatic carbocycles. The fourth-order valence-electron chi connectivity index (χ4n) is 3.44. The normalized spacial score (nSPS) is 16.0. The first kappa shape index (κ1) is 18.4. The molecule has 3 heterocycles. The van der Waals surface area contributed by atoms with Gasteiger partial charge in [-0.25, -0.2) is 8.78 Å². The number of rotatable bonds is 3. The fourth-order valence-corrected chi connectivity index (χ4v) is 3.44. The molecule has 28 heavy (non-hydrogen) atoms. The Morgan fingerprint density at radius 3 is 2.36 bits per heavy atom. The Hall–Kier alpha value is -3.01. The van der Waals surface area contributed by atoms with Crippen LogP contribution in [-0.2, 0) is 7.05 Å². The summed E-state index contributed by atoms with van der Waals surface area (Å²) >= 11 is 0. The number of fused-ring (bicyclic) bond motifs is 1. The van der Waals surface area contributed by atoms with Crippen LogP contribution in [0.2, 0.25) is 0 Å². The van der Waals surface area contributed by atoms with E-state index in [0.29, 0.717) is 43.2 Å². The molecule has 10 heteroatoms. The molecule has 8 nitrogen and oxygen atoms in total. The monoisotopic (exact) mass is 390 g/mol. The number of halogens is 2. The number of nitrogens with zero attached hydrogens (tertiary/aromatic N) is 5. The third kappa shape index (κ3) is 3.09. The van der Waals surface area contributed by atoms with Crippen LogP contribution in [0.3, 0.4) is 0 Å². The van der Waals surface area contributed by atoms with Gasteiger partial charge in [0.25, 0.3) is 5.56 Å². The van der Waals surface area contributed by atoms with Crippen LogP contribution in [-0.4, -0.2) is 51.0 Å². The van der Waals surface area contributed by atoms with Gasteiger partial charge in [0.15, 0.2) is 5.65 Å². The molecule has 3 aromatic rings. The van der Waals surface area contributed by atoms with Crippen molar-refractivity contribution in [1.82, 2.24) is 19.7 Å². The lowest BCUT2D eigenvalue weighted by Crippen LogP contribution is -2.48. The third-order valence-electron chi connectivity index (χ3n) is 5.01. The van der Waals surface area contributed by atoms with Gasteiger partial charge in [-0.05, 0) is 24.6 Å². The van der Waals surface area contributed by atoms with Crippen molar-refractivity contribution < 1.29 is 13.9 Å². The molecule has 1 aliphatic rings. The predicted octanol–water partition coefficient (Wildman–Crippen LogP) is 1.31. The highest BCUT2D eigenvalue weighted by Crippen LogP contribution is 2.28. The number of hydrogen-bond donors (Lipinski definition) is 2. The molecule has 2 aromatic heterocycles. The van der Waals surface area contributed by atoms with Gasteiger partial charge in [-0.3, -0.25) is 14.5 Å². The molecule has 0 bridgehead atoms. The van der Waals surface area contributed by atoms with Crippen molar-refractivity contribution in [3.05, 3.63) is 45.9 Å². The van der Waals surface area contributed by atoms with Crippen LogP contribution in [0.1, 0.15) is 18.6 Å². The van der Waals surface area contributed by atoms with E-state index in [1.807, 2.05) is 4.90 Å². The van der Waals surface area contributed by atoms with Gasteiger partial charge in [-0.1, -0.05) is 0 Å².